The summed E-state index contributed by atoms with van der Waals surface area (Å²) in [5.74, 6) is -0.0766. The molecule has 0 atom stereocenters. The number of rotatable bonds is 2. The molecule has 70 valence electrons. The summed E-state index contributed by atoms with van der Waals surface area (Å²) in [4.78, 5) is 11.3. The molecule has 0 saturated heterocycles. The van der Waals surface area contributed by atoms with Crippen LogP contribution in [0.15, 0.2) is 22.7 Å². The summed E-state index contributed by atoms with van der Waals surface area (Å²) in [7, 11) is 1.35. The molecule has 0 spiro atoms. The molecule has 0 saturated carbocycles. The number of halogens is 2. The molecule has 0 aliphatic carbocycles. The molecule has 4 heteroatoms. The normalized spacial score (nSPS) is 9.77. The zero-order chi connectivity index (χ0) is 9.84. The van der Waals surface area contributed by atoms with Gasteiger partial charge in [0.05, 0.1) is 12.7 Å². The predicted molar refractivity (Wildman–Crippen MR) is 55.0 cm³/mol. The molecule has 1 aromatic carbocycles. The topological polar surface area (TPSA) is 26.3 Å². The Hall–Kier alpha value is -0.540. The third-order valence-corrected chi connectivity index (χ3v) is 2.58. The van der Waals surface area contributed by atoms with Gasteiger partial charge < -0.3 is 4.74 Å². The van der Waals surface area contributed by atoms with Gasteiger partial charge in [-0.2, -0.15) is 0 Å². The molecule has 0 unspecified atom stereocenters. The van der Waals surface area contributed by atoms with E-state index in [-0.39, 0.29) is 5.97 Å². The first-order valence-electron chi connectivity index (χ1n) is 3.62. The number of hydrogen-bond donors (Lipinski definition) is 0. The van der Waals surface area contributed by atoms with E-state index >= 15 is 0 Å². The lowest BCUT2D eigenvalue weighted by Crippen LogP contribution is -2.05. The van der Waals surface area contributed by atoms with E-state index < -0.39 is 0 Å². The minimum atomic E-state index is -0.372. The molecule has 0 N–H and O–H groups in total. The molecule has 13 heavy (non-hydrogen) atoms. The Labute approximate surface area is 90.0 Å². The van der Waals surface area contributed by atoms with Gasteiger partial charge in [-0.05, 0) is 27.6 Å². The molecular weight excluding hydrogens is 255 g/mol. The van der Waals surface area contributed by atoms with E-state index in [1.807, 2.05) is 6.07 Å². The van der Waals surface area contributed by atoms with Crippen LogP contribution in [0.4, 0.5) is 0 Å². The van der Waals surface area contributed by atoms with Crippen molar-refractivity contribution in [3.05, 3.63) is 33.8 Å². The number of ether oxygens (including phenoxy) is 1. The Morgan fingerprint density at radius 3 is 2.85 bits per heavy atom. The Balaban J connectivity index is 3.22. The van der Waals surface area contributed by atoms with Crippen molar-refractivity contribution in [2.75, 3.05) is 7.11 Å². The highest BCUT2D eigenvalue weighted by atomic mass is 79.9. The van der Waals surface area contributed by atoms with Crippen LogP contribution in [0, 0.1) is 0 Å². The van der Waals surface area contributed by atoms with Crippen LogP contribution in [0.2, 0.25) is 0 Å². The summed E-state index contributed by atoms with van der Waals surface area (Å²) in [6.07, 6.45) is 0. The summed E-state index contributed by atoms with van der Waals surface area (Å²) in [6, 6.07) is 5.40. The molecule has 0 aromatic heterocycles. The molecule has 1 rings (SSSR count). The van der Waals surface area contributed by atoms with Gasteiger partial charge in [-0.15, -0.1) is 11.6 Å². The van der Waals surface area contributed by atoms with Crippen molar-refractivity contribution in [3.63, 3.8) is 0 Å². The highest BCUT2D eigenvalue weighted by Crippen LogP contribution is 2.22. The Kier molecular flexibility index (Phi) is 3.75. The first kappa shape index (κ1) is 10.5. The number of methoxy groups -OCH3 is 1. The zero-order valence-electron chi connectivity index (χ0n) is 7.01. The highest BCUT2D eigenvalue weighted by molar-refractivity contribution is 9.10. The van der Waals surface area contributed by atoms with Crippen LogP contribution in [-0.2, 0) is 10.6 Å². The average Bonchev–Trinajstić information content (AvgIpc) is 2.16. The molecule has 0 fully saturated rings. The van der Waals surface area contributed by atoms with Gasteiger partial charge in [-0.1, -0.05) is 12.1 Å². The summed E-state index contributed by atoms with van der Waals surface area (Å²) in [5, 5.41) is 0. The summed E-state index contributed by atoms with van der Waals surface area (Å²) < 4.78 is 5.34. The van der Waals surface area contributed by atoms with Gasteiger partial charge >= 0.3 is 5.97 Å². The van der Waals surface area contributed by atoms with Gasteiger partial charge in [0.25, 0.3) is 0 Å². The van der Waals surface area contributed by atoms with Crippen LogP contribution >= 0.6 is 27.5 Å². The maximum absolute atomic E-state index is 11.3. The van der Waals surface area contributed by atoms with Gasteiger partial charge in [0, 0.05) is 10.4 Å². The fourth-order valence-electron chi connectivity index (χ4n) is 1.01. The highest BCUT2D eigenvalue weighted by Gasteiger charge is 2.14. The SMILES string of the molecule is COC(=O)c1c(Br)cccc1CCl. The summed E-state index contributed by atoms with van der Waals surface area (Å²) >= 11 is 8.95. The Bertz CT molecular complexity index is 325. The first-order valence-corrected chi connectivity index (χ1v) is 4.95. The van der Waals surface area contributed by atoms with E-state index in [4.69, 9.17) is 11.6 Å². The van der Waals surface area contributed by atoms with Crippen LogP contribution in [0.25, 0.3) is 0 Å². The van der Waals surface area contributed by atoms with Crippen molar-refractivity contribution in [2.45, 2.75) is 5.88 Å². The summed E-state index contributed by atoms with van der Waals surface area (Å²) in [5.41, 5.74) is 1.27. The van der Waals surface area contributed by atoms with Gasteiger partial charge in [0.2, 0.25) is 0 Å². The Morgan fingerprint density at radius 2 is 2.31 bits per heavy atom. The van der Waals surface area contributed by atoms with Crippen LogP contribution in [-0.4, -0.2) is 13.1 Å². The molecule has 0 bridgehead atoms. The van der Waals surface area contributed by atoms with Gasteiger partial charge in [0.15, 0.2) is 0 Å². The third-order valence-electron chi connectivity index (χ3n) is 1.63. The molecule has 0 amide bonds. The minimum absolute atomic E-state index is 0.296. The van der Waals surface area contributed by atoms with E-state index in [0.717, 1.165) is 5.56 Å². The lowest BCUT2D eigenvalue weighted by Gasteiger charge is -2.06. The van der Waals surface area contributed by atoms with Crippen molar-refractivity contribution in [1.29, 1.82) is 0 Å². The second-order valence-corrected chi connectivity index (χ2v) is 3.52. The van der Waals surface area contributed by atoms with Crippen LogP contribution in [0.3, 0.4) is 0 Å². The van der Waals surface area contributed by atoms with E-state index in [1.54, 1.807) is 12.1 Å². The van der Waals surface area contributed by atoms with E-state index in [2.05, 4.69) is 20.7 Å². The van der Waals surface area contributed by atoms with Crippen molar-refractivity contribution in [2.24, 2.45) is 0 Å². The maximum atomic E-state index is 11.3. The van der Waals surface area contributed by atoms with E-state index in [0.29, 0.717) is 15.9 Å². The molecule has 2 nitrogen and oxygen atoms in total. The van der Waals surface area contributed by atoms with Gasteiger partial charge in [-0.25, -0.2) is 4.79 Å². The molecular formula is C9H8BrClO2. The zero-order valence-corrected chi connectivity index (χ0v) is 9.35. The number of benzene rings is 1. The van der Waals surface area contributed by atoms with Crippen molar-refractivity contribution < 1.29 is 9.53 Å². The molecule has 0 aliphatic rings. The van der Waals surface area contributed by atoms with Crippen molar-refractivity contribution in [3.8, 4) is 0 Å². The lowest BCUT2D eigenvalue weighted by atomic mass is 10.1. The van der Waals surface area contributed by atoms with E-state index in [9.17, 15) is 4.79 Å². The number of carbonyl (C=O) groups is 1. The standard InChI is InChI=1S/C9H8BrClO2/c1-13-9(12)8-6(5-11)3-2-4-7(8)10/h2-4H,5H2,1H3. The largest absolute Gasteiger partial charge is 0.465 e. The molecule has 0 aliphatic heterocycles. The van der Waals surface area contributed by atoms with E-state index in [1.165, 1.54) is 7.11 Å². The lowest BCUT2D eigenvalue weighted by molar-refractivity contribution is 0.0598. The first-order chi connectivity index (χ1) is 6.20. The van der Waals surface area contributed by atoms with Crippen LogP contribution in [0.5, 0.6) is 0 Å². The average molecular weight is 264 g/mol. The van der Waals surface area contributed by atoms with Gasteiger partial charge in [0.1, 0.15) is 0 Å². The molecule has 0 radical (unpaired) electrons. The fourth-order valence-corrected chi connectivity index (χ4v) is 1.80. The quantitative estimate of drug-likeness (QED) is 0.606. The Morgan fingerprint density at radius 1 is 1.62 bits per heavy atom. The van der Waals surface area contributed by atoms with Crippen LogP contribution < -0.4 is 0 Å². The monoisotopic (exact) mass is 262 g/mol. The minimum Gasteiger partial charge on any atom is -0.465 e. The number of carbonyl (C=O) groups excluding carboxylic acids is 1. The van der Waals surface area contributed by atoms with Crippen molar-refractivity contribution >= 4 is 33.5 Å². The van der Waals surface area contributed by atoms with Crippen LogP contribution in [0.1, 0.15) is 15.9 Å². The maximum Gasteiger partial charge on any atom is 0.339 e. The number of hydrogen-bond acceptors (Lipinski definition) is 2. The number of alkyl halides is 1. The van der Waals surface area contributed by atoms with Gasteiger partial charge in [-0.3, -0.25) is 0 Å². The molecule has 1 aromatic rings. The smallest absolute Gasteiger partial charge is 0.339 e. The fraction of sp³-hybridized carbons (Fsp3) is 0.222. The van der Waals surface area contributed by atoms with Crippen molar-refractivity contribution in [1.82, 2.24) is 0 Å². The second kappa shape index (κ2) is 4.63. The predicted octanol–water partition coefficient (Wildman–Crippen LogP) is 2.97. The summed E-state index contributed by atoms with van der Waals surface area (Å²) in [6.45, 7) is 0. The number of esters is 1. The third kappa shape index (κ3) is 2.23. The molecule has 0 heterocycles. The second-order valence-electron chi connectivity index (χ2n) is 2.40.